The number of carbonyl (C=O) groups excluding carboxylic acids is 2. The van der Waals surface area contributed by atoms with Crippen LogP contribution >= 0.6 is 24.0 Å². The second kappa shape index (κ2) is 11.8. The van der Waals surface area contributed by atoms with Gasteiger partial charge in [0.2, 0.25) is 0 Å². The summed E-state index contributed by atoms with van der Waals surface area (Å²) >= 11 is 6.88. The zero-order valence-corrected chi connectivity index (χ0v) is 23.4. The minimum absolute atomic E-state index is 0.0775. The van der Waals surface area contributed by atoms with Gasteiger partial charge in [0.05, 0.1) is 17.4 Å². The fourth-order valence-corrected chi connectivity index (χ4v) is 7.01. The molecule has 0 aromatic carbocycles. The van der Waals surface area contributed by atoms with Gasteiger partial charge in [0.1, 0.15) is 21.8 Å². The van der Waals surface area contributed by atoms with Crippen LogP contribution in [-0.4, -0.2) is 51.4 Å². The van der Waals surface area contributed by atoms with E-state index in [9.17, 15) is 19.6 Å². The van der Waals surface area contributed by atoms with Crippen molar-refractivity contribution in [2.24, 2.45) is 5.92 Å². The zero-order chi connectivity index (χ0) is 26.7. The summed E-state index contributed by atoms with van der Waals surface area (Å²) in [5, 5.41) is 9.87. The molecule has 3 fully saturated rings. The molecule has 0 spiro atoms. The van der Waals surface area contributed by atoms with E-state index in [0.717, 1.165) is 38.5 Å². The first-order valence-electron chi connectivity index (χ1n) is 13.2. The van der Waals surface area contributed by atoms with Crippen LogP contribution in [-0.2, 0) is 20.9 Å². The van der Waals surface area contributed by atoms with Gasteiger partial charge in [0.15, 0.2) is 0 Å². The lowest BCUT2D eigenvalue weighted by Crippen LogP contribution is -2.43. The largest absolute Gasteiger partial charge is 0.466 e. The lowest BCUT2D eigenvalue weighted by Gasteiger charge is -2.36. The number of hydrogen-bond acceptors (Lipinski definition) is 8. The molecule has 1 amide bonds. The molecule has 1 atom stereocenters. The van der Waals surface area contributed by atoms with E-state index in [1.54, 1.807) is 29.4 Å². The molecular formula is C27H34N4O4S2. The van der Waals surface area contributed by atoms with Crippen LogP contribution in [0.5, 0.6) is 0 Å². The summed E-state index contributed by atoms with van der Waals surface area (Å²) in [6.07, 6.45) is 8.07. The van der Waals surface area contributed by atoms with Gasteiger partial charge >= 0.3 is 5.97 Å². The van der Waals surface area contributed by atoms with E-state index >= 15 is 0 Å². The molecule has 10 heteroatoms. The number of pyridine rings is 1. The quantitative estimate of drug-likeness (QED) is 0.285. The molecule has 0 bridgehead atoms. The van der Waals surface area contributed by atoms with Crippen molar-refractivity contribution in [2.45, 2.75) is 78.3 Å². The second-order valence-electron chi connectivity index (χ2n) is 9.83. The number of nitriles is 1. The molecule has 1 unspecified atom stereocenters. The van der Waals surface area contributed by atoms with Gasteiger partial charge in [-0.25, -0.2) is 0 Å². The molecule has 8 nitrogen and oxygen atoms in total. The lowest BCUT2D eigenvalue weighted by molar-refractivity contribution is -0.148. The normalized spacial score (nSPS) is 21.7. The Balaban J connectivity index is 1.84. The number of nitrogens with zero attached hydrogens (tertiary/aromatic N) is 4. The minimum atomic E-state index is -0.342. The van der Waals surface area contributed by atoms with Gasteiger partial charge in [-0.3, -0.25) is 23.9 Å². The summed E-state index contributed by atoms with van der Waals surface area (Å²) in [6, 6.07) is 2.23. The summed E-state index contributed by atoms with van der Waals surface area (Å²) in [6.45, 7) is 7.35. The molecular weight excluding hydrogens is 508 g/mol. The third-order valence-corrected chi connectivity index (χ3v) is 8.75. The van der Waals surface area contributed by atoms with Crippen molar-refractivity contribution in [3.05, 3.63) is 31.9 Å². The fraction of sp³-hybridized carbons (Fsp3) is 0.593. The third-order valence-electron chi connectivity index (χ3n) is 7.42. The van der Waals surface area contributed by atoms with Gasteiger partial charge in [0, 0.05) is 31.2 Å². The summed E-state index contributed by atoms with van der Waals surface area (Å²) in [5.41, 5.74) is 0.944. The smallest absolute Gasteiger partial charge is 0.310 e. The molecule has 4 rings (SSSR count). The zero-order valence-electron chi connectivity index (χ0n) is 21.7. The maximum Gasteiger partial charge on any atom is 0.310 e. The molecule has 0 N–H and O–H groups in total. The molecule has 37 heavy (non-hydrogen) atoms. The van der Waals surface area contributed by atoms with E-state index in [1.165, 1.54) is 11.8 Å². The standard InChI is InChI=1S/C27H34N4O4S2/c1-4-12-30-23(29-13-8-9-18(16-29)26(34)35-5-2)20(17(3)21(15-28)24(30)32)14-22-25(33)31(27(36)37-22)19-10-6-7-11-19/h14,18-19H,4-13,16H2,1-3H3. The van der Waals surface area contributed by atoms with Gasteiger partial charge < -0.3 is 9.64 Å². The van der Waals surface area contributed by atoms with Crippen LogP contribution in [0.3, 0.4) is 0 Å². The van der Waals surface area contributed by atoms with Crippen LogP contribution in [0.25, 0.3) is 6.08 Å². The highest BCUT2D eigenvalue weighted by atomic mass is 32.2. The Morgan fingerprint density at radius 1 is 1.22 bits per heavy atom. The SMILES string of the molecule is CCCn1c(N2CCCC(C(=O)OCC)C2)c(C=C2SC(=S)N(C3CCCC3)C2=O)c(C)c(C#N)c1=O. The van der Waals surface area contributed by atoms with E-state index in [1.807, 2.05) is 6.92 Å². The second-order valence-corrected chi connectivity index (χ2v) is 11.5. The number of rotatable bonds is 7. The number of thioether (sulfide) groups is 1. The molecule has 1 saturated carbocycles. The molecule has 198 valence electrons. The van der Waals surface area contributed by atoms with Gasteiger partial charge in [-0.05, 0) is 57.6 Å². The van der Waals surface area contributed by atoms with Crippen molar-refractivity contribution < 1.29 is 14.3 Å². The summed E-state index contributed by atoms with van der Waals surface area (Å²) in [7, 11) is 0. The Morgan fingerprint density at radius 2 is 1.95 bits per heavy atom. The Bertz CT molecular complexity index is 1230. The van der Waals surface area contributed by atoms with E-state index in [4.69, 9.17) is 17.0 Å². The van der Waals surface area contributed by atoms with Gasteiger partial charge in [-0.15, -0.1) is 0 Å². The van der Waals surface area contributed by atoms with Crippen LogP contribution < -0.4 is 10.5 Å². The molecule has 1 aliphatic carbocycles. The van der Waals surface area contributed by atoms with E-state index < -0.39 is 0 Å². The average Bonchev–Trinajstić information content (AvgIpc) is 3.50. The summed E-state index contributed by atoms with van der Waals surface area (Å²) in [4.78, 5) is 43.8. The van der Waals surface area contributed by atoms with Crippen LogP contribution in [0, 0.1) is 24.2 Å². The topological polar surface area (TPSA) is 95.6 Å². The van der Waals surface area contributed by atoms with Crippen LogP contribution in [0.15, 0.2) is 9.70 Å². The maximum atomic E-state index is 13.5. The van der Waals surface area contributed by atoms with Crippen LogP contribution in [0.1, 0.15) is 75.5 Å². The molecule has 2 saturated heterocycles. The van der Waals surface area contributed by atoms with Crippen LogP contribution in [0.4, 0.5) is 5.82 Å². The predicted molar refractivity (Wildman–Crippen MR) is 149 cm³/mol. The Morgan fingerprint density at radius 3 is 2.59 bits per heavy atom. The lowest BCUT2D eigenvalue weighted by atomic mass is 9.96. The first-order valence-corrected chi connectivity index (χ1v) is 14.4. The number of anilines is 1. The average molecular weight is 543 g/mol. The molecule has 3 heterocycles. The number of esters is 1. The number of aromatic nitrogens is 1. The van der Waals surface area contributed by atoms with Gasteiger partial charge in [-0.2, -0.15) is 5.26 Å². The van der Waals surface area contributed by atoms with Crippen molar-refractivity contribution in [3.8, 4) is 6.07 Å². The highest BCUT2D eigenvalue weighted by Crippen LogP contribution is 2.40. The number of piperidine rings is 1. The molecule has 1 aromatic rings. The minimum Gasteiger partial charge on any atom is -0.466 e. The van der Waals surface area contributed by atoms with Crippen LogP contribution in [0.2, 0.25) is 0 Å². The van der Waals surface area contributed by atoms with E-state index in [-0.39, 0.29) is 35.0 Å². The predicted octanol–water partition coefficient (Wildman–Crippen LogP) is 4.36. The van der Waals surface area contributed by atoms with Crippen molar-refractivity contribution in [2.75, 3.05) is 24.6 Å². The first-order chi connectivity index (χ1) is 17.8. The summed E-state index contributed by atoms with van der Waals surface area (Å²) in [5.74, 6) is 0.00900. The summed E-state index contributed by atoms with van der Waals surface area (Å²) < 4.78 is 7.50. The molecule has 1 aromatic heterocycles. The number of carbonyl (C=O) groups is 2. The molecule has 3 aliphatic rings. The van der Waals surface area contributed by atoms with Crippen molar-refractivity contribution in [3.63, 3.8) is 0 Å². The number of ether oxygens (including phenoxy) is 1. The fourth-order valence-electron chi connectivity index (χ4n) is 5.63. The molecule has 0 radical (unpaired) electrons. The highest BCUT2D eigenvalue weighted by molar-refractivity contribution is 8.26. The number of thiocarbonyl (C=S) groups is 1. The van der Waals surface area contributed by atoms with Crippen molar-refractivity contribution in [1.29, 1.82) is 5.26 Å². The molecule has 2 aliphatic heterocycles. The van der Waals surface area contributed by atoms with Crippen molar-refractivity contribution >= 4 is 52.1 Å². The Hall–Kier alpha value is -2.64. The Kier molecular flexibility index (Phi) is 8.75. The van der Waals surface area contributed by atoms with Crippen molar-refractivity contribution in [1.82, 2.24) is 9.47 Å². The highest BCUT2D eigenvalue weighted by Gasteiger charge is 2.39. The van der Waals surface area contributed by atoms with E-state index in [0.29, 0.717) is 58.8 Å². The monoisotopic (exact) mass is 542 g/mol. The number of amides is 1. The third kappa shape index (κ3) is 5.34. The van der Waals surface area contributed by atoms with E-state index in [2.05, 4.69) is 11.0 Å². The van der Waals surface area contributed by atoms with Gasteiger partial charge in [-0.1, -0.05) is 43.7 Å². The Labute approximate surface area is 227 Å². The number of hydrogen-bond donors (Lipinski definition) is 0. The first kappa shape index (κ1) is 27.4. The maximum absolute atomic E-state index is 13.5. The van der Waals surface area contributed by atoms with Gasteiger partial charge in [0.25, 0.3) is 11.5 Å².